The van der Waals surface area contributed by atoms with Gasteiger partial charge in [-0.1, -0.05) is 41.4 Å². The minimum absolute atomic E-state index is 0.00600. The second kappa shape index (κ2) is 8.02. The lowest BCUT2D eigenvalue weighted by molar-refractivity contribution is -0.150. The Morgan fingerprint density at radius 1 is 1.10 bits per heavy atom. The van der Waals surface area contributed by atoms with Gasteiger partial charge in [-0.2, -0.15) is 0 Å². The van der Waals surface area contributed by atoms with E-state index in [1.165, 1.54) is 0 Å². The first kappa shape index (κ1) is 20.3. The molecule has 1 heterocycles. The van der Waals surface area contributed by atoms with Gasteiger partial charge in [0.25, 0.3) is 0 Å². The average molecular weight is 433 g/mol. The molecule has 0 atom stereocenters. The molecule has 2 aromatic rings. The maximum Gasteiger partial charge on any atom is 0.343 e. The second-order valence-corrected chi connectivity index (χ2v) is 8.55. The van der Waals surface area contributed by atoms with Crippen LogP contribution in [0.5, 0.6) is 0 Å². The van der Waals surface area contributed by atoms with Gasteiger partial charge in [0.1, 0.15) is 5.57 Å². The molecule has 2 aromatic carbocycles. The van der Waals surface area contributed by atoms with Crippen molar-refractivity contribution in [2.75, 3.05) is 13.7 Å². The van der Waals surface area contributed by atoms with Crippen LogP contribution in [0.3, 0.4) is 0 Å². The highest BCUT2D eigenvalue weighted by molar-refractivity contribution is 6.35. The maximum atomic E-state index is 12.8. The zero-order chi connectivity index (χ0) is 20.6. The van der Waals surface area contributed by atoms with Crippen LogP contribution in [-0.2, 0) is 14.3 Å². The lowest BCUT2D eigenvalue weighted by Gasteiger charge is -2.35. The summed E-state index contributed by atoms with van der Waals surface area (Å²) in [7, 11) is 1.69. The summed E-state index contributed by atoms with van der Waals surface area (Å²) in [6.07, 6.45) is 2.82. The normalized spacial score (nSPS) is 24.2. The Morgan fingerprint density at radius 2 is 1.76 bits per heavy atom. The van der Waals surface area contributed by atoms with Gasteiger partial charge in [0.2, 0.25) is 0 Å². The van der Waals surface area contributed by atoms with Crippen molar-refractivity contribution in [2.24, 2.45) is 5.92 Å². The summed E-state index contributed by atoms with van der Waals surface area (Å²) in [6.45, 7) is 0.677. The van der Waals surface area contributed by atoms with Crippen molar-refractivity contribution in [3.63, 3.8) is 0 Å². The fourth-order valence-electron chi connectivity index (χ4n) is 4.26. The molecule has 1 spiro atoms. The molecule has 0 aromatic heterocycles. The third kappa shape index (κ3) is 3.77. The number of aliphatic hydroxyl groups excluding tert-OH is 1. The van der Waals surface area contributed by atoms with Gasteiger partial charge in [-0.15, -0.1) is 0 Å². The monoisotopic (exact) mass is 432 g/mol. The lowest BCUT2D eigenvalue weighted by atomic mass is 9.77. The van der Waals surface area contributed by atoms with Crippen LogP contribution in [0, 0.1) is 5.92 Å². The highest BCUT2D eigenvalue weighted by Crippen LogP contribution is 2.48. The Labute approximate surface area is 180 Å². The van der Waals surface area contributed by atoms with Crippen LogP contribution in [-0.4, -0.2) is 30.4 Å². The summed E-state index contributed by atoms with van der Waals surface area (Å²) in [5, 5.41) is 12.1. The number of rotatable bonds is 4. The number of hydrogen-bond donors (Lipinski definition) is 1. The van der Waals surface area contributed by atoms with E-state index >= 15 is 0 Å². The number of carbonyl (C=O) groups excluding carboxylic acids is 1. The number of carbonyl (C=O) groups is 1. The molecule has 29 heavy (non-hydrogen) atoms. The van der Waals surface area contributed by atoms with E-state index < -0.39 is 11.6 Å². The van der Waals surface area contributed by atoms with Gasteiger partial charge in [-0.25, -0.2) is 4.79 Å². The summed E-state index contributed by atoms with van der Waals surface area (Å²) in [5.41, 5.74) is 1.51. The van der Waals surface area contributed by atoms with Crippen LogP contribution in [0.25, 0.3) is 16.7 Å². The van der Waals surface area contributed by atoms with Gasteiger partial charge in [0.15, 0.2) is 11.4 Å². The third-order valence-corrected chi connectivity index (χ3v) is 6.47. The first-order chi connectivity index (χ1) is 13.9. The van der Waals surface area contributed by atoms with Gasteiger partial charge in [-0.3, -0.25) is 0 Å². The number of methoxy groups -OCH3 is 1. The molecular formula is C23H22Cl2O4. The fourth-order valence-corrected chi connectivity index (χ4v) is 4.60. The number of esters is 1. The first-order valence-corrected chi connectivity index (χ1v) is 10.4. The van der Waals surface area contributed by atoms with Crippen molar-refractivity contribution in [3.8, 4) is 11.1 Å². The molecular weight excluding hydrogens is 411 g/mol. The maximum absolute atomic E-state index is 12.8. The molecule has 0 radical (unpaired) electrons. The average Bonchev–Trinajstić information content (AvgIpc) is 2.95. The Morgan fingerprint density at radius 3 is 2.41 bits per heavy atom. The number of ether oxygens (including phenoxy) is 2. The van der Waals surface area contributed by atoms with Crippen molar-refractivity contribution < 1.29 is 19.4 Å². The Hall–Kier alpha value is -2.01. The molecule has 4 nitrogen and oxygen atoms in total. The molecule has 0 saturated heterocycles. The van der Waals surface area contributed by atoms with Gasteiger partial charge >= 0.3 is 5.97 Å². The van der Waals surface area contributed by atoms with Crippen LogP contribution in [0.15, 0.2) is 48.2 Å². The summed E-state index contributed by atoms with van der Waals surface area (Å²) < 4.78 is 11.0. The quantitative estimate of drug-likeness (QED) is 0.596. The van der Waals surface area contributed by atoms with E-state index in [-0.39, 0.29) is 11.3 Å². The van der Waals surface area contributed by atoms with Gasteiger partial charge in [0, 0.05) is 29.3 Å². The van der Waals surface area contributed by atoms with Gasteiger partial charge < -0.3 is 14.6 Å². The molecule has 6 heteroatoms. The molecule has 1 saturated carbocycles. The van der Waals surface area contributed by atoms with Gasteiger partial charge in [0.05, 0.1) is 0 Å². The number of aliphatic hydroxyl groups is 1. The van der Waals surface area contributed by atoms with Crippen LogP contribution in [0.2, 0.25) is 10.0 Å². The van der Waals surface area contributed by atoms with E-state index in [1.54, 1.807) is 25.3 Å². The van der Waals surface area contributed by atoms with Crippen molar-refractivity contribution in [1.29, 1.82) is 0 Å². The molecule has 0 unspecified atom stereocenters. The molecule has 2 aliphatic rings. The molecule has 1 aliphatic heterocycles. The second-order valence-electron chi connectivity index (χ2n) is 7.71. The van der Waals surface area contributed by atoms with E-state index in [0.717, 1.165) is 24.0 Å². The standard InChI is InChI=1S/C23H22Cl2O4/c1-28-13-14-8-10-23(11-9-14)21(26)20(22(27)29-23)18-12-16(4-7-19(18)25)15-2-5-17(24)6-3-15/h2-7,12,14,26H,8-11,13H2,1H3. The highest BCUT2D eigenvalue weighted by Gasteiger charge is 2.50. The van der Waals surface area contributed by atoms with Crippen LogP contribution in [0.1, 0.15) is 31.2 Å². The summed E-state index contributed by atoms with van der Waals surface area (Å²) in [4.78, 5) is 12.8. The number of halogens is 2. The van der Waals surface area contributed by atoms with Crippen molar-refractivity contribution in [3.05, 3.63) is 63.8 Å². The van der Waals surface area contributed by atoms with E-state index in [4.69, 9.17) is 32.7 Å². The largest absolute Gasteiger partial charge is 0.507 e. The topological polar surface area (TPSA) is 55.8 Å². The van der Waals surface area contributed by atoms with Crippen molar-refractivity contribution in [2.45, 2.75) is 31.3 Å². The molecule has 4 rings (SSSR count). The molecule has 1 fully saturated rings. The smallest absolute Gasteiger partial charge is 0.343 e. The summed E-state index contributed by atoms with van der Waals surface area (Å²) in [6, 6.07) is 12.8. The van der Waals surface area contributed by atoms with E-state index in [2.05, 4.69) is 0 Å². The third-order valence-electron chi connectivity index (χ3n) is 5.89. The Bertz CT molecular complexity index is 957. The predicted octanol–water partition coefficient (Wildman–Crippen LogP) is 6.06. The lowest BCUT2D eigenvalue weighted by Crippen LogP contribution is -2.37. The van der Waals surface area contributed by atoms with Crippen molar-refractivity contribution in [1.82, 2.24) is 0 Å². The number of hydrogen-bond acceptors (Lipinski definition) is 4. The molecule has 1 N–H and O–H groups in total. The zero-order valence-electron chi connectivity index (χ0n) is 16.1. The fraction of sp³-hybridized carbons (Fsp3) is 0.348. The minimum Gasteiger partial charge on any atom is -0.507 e. The number of benzene rings is 2. The molecule has 152 valence electrons. The predicted molar refractivity (Wildman–Crippen MR) is 114 cm³/mol. The zero-order valence-corrected chi connectivity index (χ0v) is 17.6. The summed E-state index contributed by atoms with van der Waals surface area (Å²) in [5.74, 6) is -0.116. The van der Waals surface area contributed by atoms with Crippen LogP contribution in [0.4, 0.5) is 0 Å². The molecule has 0 bridgehead atoms. The molecule has 0 amide bonds. The highest BCUT2D eigenvalue weighted by atomic mass is 35.5. The van der Waals surface area contributed by atoms with Gasteiger partial charge in [-0.05, 0) is 67.0 Å². The van der Waals surface area contributed by atoms with Crippen molar-refractivity contribution >= 4 is 34.7 Å². The van der Waals surface area contributed by atoms with Crippen LogP contribution < -0.4 is 0 Å². The SMILES string of the molecule is COCC1CCC2(CC1)OC(=O)C(c1cc(-c3ccc(Cl)cc3)ccc1Cl)=C2O. The molecule has 1 aliphatic carbocycles. The van der Waals surface area contributed by atoms with E-state index in [1.807, 2.05) is 24.3 Å². The van der Waals surface area contributed by atoms with E-state index in [0.29, 0.717) is 41.0 Å². The van der Waals surface area contributed by atoms with E-state index in [9.17, 15) is 9.90 Å². The Balaban J connectivity index is 1.70. The minimum atomic E-state index is -0.948. The van der Waals surface area contributed by atoms with Crippen LogP contribution >= 0.6 is 23.2 Å². The Kier molecular flexibility index (Phi) is 5.60. The summed E-state index contributed by atoms with van der Waals surface area (Å²) >= 11 is 12.4. The first-order valence-electron chi connectivity index (χ1n) is 9.65.